The fourth-order valence-electron chi connectivity index (χ4n) is 2.27. The minimum atomic E-state index is -0.734. The summed E-state index contributed by atoms with van der Waals surface area (Å²) in [7, 11) is 1.77. The Balaban J connectivity index is 2.34. The second-order valence-electron chi connectivity index (χ2n) is 5.32. The maximum Gasteiger partial charge on any atom is 0.132 e. The average molecular weight is 392 g/mol. The summed E-state index contributed by atoms with van der Waals surface area (Å²) in [6, 6.07) is 5.62. The molecule has 0 aliphatic carbocycles. The van der Waals surface area contributed by atoms with Crippen LogP contribution in [0.3, 0.4) is 0 Å². The van der Waals surface area contributed by atoms with E-state index in [9.17, 15) is 5.11 Å². The summed E-state index contributed by atoms with van der Waals surface area (Å²) in [6.45, 7) is 4.06. The standard InChI is InChI=1S/C15H17BrCl2N2O/c1-8(2)14-13(15(18)20(3)19-14)12(21)6-9-4-5-10(16)7-11(9)17/h4-5,7-8,12,21H,6H2,1-3H3. The van der Waals surface area contributed by atoms with E-state index < -0.39 is 6.10 Å². The van der Waals surface area contributed by atoms with Gasteiger partial charge in [0.1, 0.15) is 5.15 Å². The number of hydrogen-bond acceptors (Lipinski definition) is 2. The first kappa shape index (κ1) is 16.8. The van der Waals surface area contributed by atoms with Crippen LogP contribution in [0.2, 0.25) is 10.2 Å². The maximum atomic E-state index is 10.6. The Morgan fingerprint density at radius 1 is 1.33 bits per heavy atom. The third kappa shape index (κ3) is 3.62. The molecule has 0 fully saturated rings. The van der Waals surface area contributed by atoms with Crippen molar-refractivity contribution in [2.75, 3.05) is 0 Å². The second-order valence-corrected chi connectivity index (χ2v) is 7.00. The molecule has 114 valence electrons. The lowest BCUT2D eigenvalue weighted by atomic mass is 9.97. The fraction of sp³-hybridized carbons (Fsp3) is 0.400. The first-order chi connectivity index (χ1) is 9.81. The molecule has 1 aromatic heterocycles. The summed E-state index contributed by atoms with van der Waals surface area (Å²) in [4.78, 5) is 0. The van der Waals surface area contributed by atoms with Gasteiger partial charge in [0.05, 0.1) is 11.8 Å². The van der Waals surface area contributed by atoms with Gasteiger partial charge in [0.15, 0.2) is 0 Å². The Hall–Kier alpha value is -0.550. The van der Waals surface area contributed by atoms with Crippen LogP contribution in [0.15, 0.2) is 22.7 Å². The lowest BCUT2D eigenvalue weighted by molar-refractivity contribution is 0.177. The van der Waals surface area contributed by atoms with Crippen molar-refractivity contribution in [2.45, 2.75) is 32.3 Å². The van der Waals surface area contributed by atoms with Crippen LogP contribution in [0.4, 0.5) is 0 Å². The topological polar surface area (TPSA) is 38.0 Å². The predicted molar refractivity (Wildman–Crippen MR) is 90.1 cm³/mol. The molecular formula is C15H17BrCl2N2O. The molecule has 0 saturated heterocycles. The lowest BCUT2D eigenvalue weighted by Crippen LogP contribution is -2.06. The Labute approximate surface area is 143 Å². The first-order valence-electron chi connectivity index (χ1n) is 6.65. The smallest absolute Gasteiger partial charge is 0.132 e. The van der Waals surface area contributed by atoms with Crippen LogP contribution in [-0.2, 0) is 13.5 Å². The van der Waals surface area contributed by atoms with Crippen molar-refractivity contribution in [1.29, 1.82) is 0 Å². The van der Waals surface area contributed by atoms with Crippen LogP contribution in [0.5, 0.6) is 0 Å². The number of halogens is 3. The molecule has 0 aliphatic rings. The molecule has 6 heteroatoms. The summed E-state index contributed by atoms with van der Waals surface area (Å²) >= 11 is 15.9. The molecule has 21 heavy (non-hydrogen) atoms. The van der Waals surface area contributed by atoms with Gasteiger partial charge in [-0.25, -0.2) is 0 Å². The number of aryl methyl sites for hydroxylation is 1. The largest absolute Gasteiger partial charge is 0.388 e. The monoisotopic (exact) mass is 390 g/mol. The second kappa shape index (κ2) is 6.69. The average Bonchev–Trinajstić information content (AvgIpc) is 2.69. The Morgan fingerprint density at radius 3 is 2.57 bits per heavy atom. The molecule has 1 aromatic carbocycles. The van der Waals surface area contributed by atoms with E-state index in [0.29, 0.717) is 22.2 Å². The van der Waals surface area contributed by atoms with E-state index in [1.54, 1.807) is 11.7 Å². The van der Waals surface area contributed by atoms with Crippen LogP contribution >= 0.6 is 39.1 Å². The van der Waals surface area contributed by atoms with Gasteiger partial charge in [-0.3, -0.25) is 4.68 Å². The summed E-state index contributed by atoms with van der Waals surface area (Å²) in [5.74, 6) is 0.189. The zero-order chi connectivity index (χ0) is 15.7. The molecular weight excluding hydrogens is 375 g/mol. The third-order valence-electron chi connectivity index (χ3n) is 3.35. The van der Waals surface area contributed by atoms with Gasteiger partial charge in [0.2, 0.25) is 0 Å². The maximum absolute atomic E-state index is 10.6. The molecule has 3 nitrogen and oxygen atoms in total. The molecule has 2 rings (SSSR count). The van der Waals surface area contributed by atoms with E-state index in [4.69, 9.17) is 23.2 Å². The van der Waals surface area contributed by atoms with Gasteiger partial charge in [0, 0.05) is 28.5 Å². The quantitative estimate of drug-likeness (QED) is 0.805. The van der Waals surface area contributed by atoms with Crippen molar-refractivity contribution in [3.05, 3.63) is 49.7 Å². The highest BCUT2D eigenvalue weighted by Gasteiger charge is 2.24. The highest BCUT2D eigenvalue weighted by Crippen LogP contribution is 2.34. The number of aliphatic hydroxyl groups excluding tert-OH is 1. The van der Waals surface area contributed by atoms with E-state index in [1.807, 2.05) is 32.0 Å². The summed E-state index contributed by atoms with van der Waals surface area (Å²) < 4.78 is 2.51. The van der Waals surface area contributed by atoms with Crippen molar-refractivity contribution >= 4 is 39.1 Å². The van der Waals surface area contributed by atoms with Gasteiger partial charge in [-0.2, -0.15) is 5.10 Å². The lowest BCUT2D eigenvalue weighted by Gasteiger charge is -2.14. The summed E-state index contributed by atoms with van der Waals surface area (Å²) in [5.41, 5.74) is 2.39. The predicted octanol–water partition coefficient (Wildman–Crippen LogP) is 4.89. The number of rotatable bonds is 4. The molecule has 0 amide bonds. The molecule has 0 spiro atoms. The van der Waals surface area contributed by atoms with Crippen molar-refractivity contribution in [3.63, 3.8) is 0 Å². The van der Waals surface area contributed by atoms with Crippen molar-refractivity contribution < 1.29 is 5.11 Å². The third-order valence-corrected chi connectivity index (χ3v) is 4.64. The normalized spacial score (nSPS) is 13.0. The van der Waals surface area contributed by atoms with E-state index >= 15 is 0 Å². The van der Waals surface area contributed by atoms with Crippen LogP contribution in [0.25, 0.3) is 0 Å². The van der Waals surface area contributed by atoms with Crippen LogP contribution in [-0.4, -0.2) is 14.9 Å². The van der Waals surface area contributed by atoms with E-state index in [0.717, 1.165) is 15.7 Å². The van der Waals surface area contributed by atoms with Crippen molar-refractivity contribution in [1.82, 2.24) is 9.78 Å². The van der Waals surface area contributed by atoms with Crippen LogP contribution < -0.4 is 0 Å². The zero-order valence-electron chi connectivity index (χ0n) is 12.1. The Kier molecular flexibility index (Phi) is 5.36. The summed E-state index contributed by atoms with van der Waals surface area (Å²) in [6.07, 6.45) is -0.334. The Bertz CT molecular complexity index is 655. The number of hydrogen-bond donors (Lipinski definition) is 1. The number of benzene rings is 1. The van der Waals surface area contributed by atoms with Crippen molar-refractivity contribution in [2.24, 2.45) is 7.05 Å². The Morgan fingerprint density at radius 2 is 2.00 bits per heavy atom. The SMILES string of the molecule is CC(C)c1nn(C)c(Cl)c1C(O)Cc1ccc(Br)cc1Cl. The number of aromatic nitrogens is 2. The molecule has 2 aromatic rings. The highest BCUT2D eigenvalue weighted by atomic mass is 79.9. The van der Waals surface area contributed by atoms with E-state index in [2.05, 4.69) is 21.0 Å². The molecule has 0 aliphatic heterocycles. The molecule has 1 unspecified atom stereocenters. The van der Waals surface area contributed by atoms with Gasteiger partial charge in [0.25, 0.3) is 0 Å². The minimum Gasteiger partial charge on any atom is -0.388 e. The zero-order valence-corrected chi connectivity index (χ0v) is 15.2. The number of nitrogens with zero attached hydrogens (tertiary/aromatic N) is 2. The molecule has 0 saturated carbocycles. The molecule has 0 radical (unpaired) electrons. The van der Waals surface area contributed by atoms with E-state index in [1.165, 1.54) is 0 Å². The van der Waals surface area contributed by atoms with Gasteiger partial charge >= 0.3 is 0 Å². The highest BCUT2D eigenvalue weighted by molar-refractivity contribution is 9.10. The molecule has 1 N–H and O–H groups in total. The van der Waals surface area contributed by atoms with Crippen LogP contribution in [0, 0.1) is 0 Å². The molecule has 0 bridgehead atoms. The van der Waals surface area contributed by atoms with Gasteiger partial charge in [-0.1, -0.05) is 59.0 Å². The van der Waals surface area contributed by atoms with E-state index in [-0.39, 0.29) is 5.92 Å². The van der Waals surface area contributed by atoms with Crippen molar-refractivity contribution in [3.8, 4) is 0 Å². The van der Waals surface area contributed by atoms with Gasteiger partial charge in [-0.15, -0.1) is 0 Å². The fourth-order valence-corrected chi connectivity index (χ4v) is 3.28. The number of aliphatic hydroxyl groups is 1. The first-order valence-corrected chi connectivity index (χ1v) is 8.20. The van der Waals surface area contributed by atoms with Gasteiger partial charge in [-0.05, 0) is 23.6 Å². The summed E-state index contributed by atoms with van der Waals surface area (Å²) in [5, 5.41) is 16.1. The molecule has 1 atom stereocenters. The van der Waals surface area contributed by atoms with Crippen LogP contribution in [0.1, 0.15) is 42.7 Å². The minimum absolute atomic E-state index is 0.189. The van der Waals surface area contributed by atoms with Gasteiger partial charge < -0.3 is 5.11 Å². The molecule has 1 heterocycles.